The molecule has 0 aliphatic carbocycles. The van der Waals surface area contributed by atoms with Crippen LogP contribution in [0.5, 0.6) is 0 Å². The first-order valence-electron chi connectivity index (χ1n) is 6.86. The standard InChI is InChI=1S/C16H17F3N2OS/c1-9-7-14(23-10(9)2)15(22)20-12-8-11(16(17,18)19)5-6-13(12)21(3)4/h5-8H,1-4H3,(H,20,22). The fraction of sp³-hybridized carbons (Fsp3) is 0.312. The van der Waals surface area contributed by atoms with Gasteiger partial charge in [0.05, 0.1) is 21.8 Å². The molecule has 1 N–H and O–H groups in total. The maximum atomic E-state index is 12.9. The van der Waals surface area contributed by atoms with Crippen molar-refractivity contribution in [2.24, 2.45) is 0 Å². The second kappa shape index (κ2) is 6.23. The minimum absolute atomic E-state index is 0.138. The number of carbonyl (C=O) groups excluding carboxylic acids is 1. The first-order chi connectivity index (χ1) is 10.6. The summed E-state index contributed by atoms with van der Waals surface area (Å²) in [4.78, 5) is 15.4. The molecule has 3 nitrogen and oxygen atoms in total. The third-order valence-electron chi connectivity index (χ3n) is 3.44. The monoisotopic (exact) mass is 342 g/mol. The van der Waals surface area contributed by atoms with Gasteiger partial charge in [-0.2, -0.15) is 13.2 Å². The number of aryl methyl sites for hydroxylation is 2. The molecule has 1 aromatic carbocycles. The highest BCUT2D eigenvalue weighted by Crippen LogP contribution is 2.35. The summed E-state index contributed by atoms with van der Waals surface area (Å²) in [5.74, 6) is -0.409. The molecule has 0 radical (unpaired) electrons. The maximum Gasteiger partial charge on any atom is 0.416 e. The van der Waals surface area contributed by atoms with Crippen LogP contribution in [0.4, 0.5) is 24.5 Å². The first-order valence-corrected chi connectivity index (χ1v) is 7.68. The van der Waals surface area contributed by atoms with Crippen LogP contribution in [0.3, 0.4) is 0 Å². The summed E-state index contributed by atoms with van der Waals surface area (Å²) < 4.78 is 38.7. The molecule has 7 heteroatoms. The van der Waals surface area contributed by atoms with E-state index in [0.717, 1.165) is 22.6 Å². The summed E-state index contributed by atoms with van der Waals surface area (Å²) >= 11 is 1.32. The van der Waals surface area contributed by atoms with E-state index in [1.807, 2.05) is 13.8 Å². The predicted octanol–water partition coefficient (Wildman–Crippen LogP) is 4.70. The number of nitrogens with zero attached hydrogens (tertiary/aromatic N) is 1. The van der Waals surface area contributed by atoms with Crippen molar-refractivity contribution in [3.63, 3.8) is 0 Å². The van der Waals surface area contributed by atoms with Gasteiger partial charge in [0.1, 0.15) is 0 Å². The van der Waals surface area contributed by atoms with E-state index in [1.54, 1.807) is 25.1 Å². The summed E-state index contributed by atoms with van der Waals surface area (Å²) in [6, 6.07) is 5.05. The van der Waals surface area contributed by atoms with Crippen molar-refractivity contribution in [3.05, 3.63) is 45.1 Å². The Labute approximate surface area is 136 Å². The molecule has 0 aliphatic rings. The van der Waals surface area contributed by atoms with Crippen LogP contribution in [-0.4, -0.2) is 20.0 Å². The molecule has 0 spiro atoms. The van der Waals surface area contributed by atoms with Gasteiger partial charge in [-0.15, -0.1) is 11.3 Å². The van der Waals surface area contributed by atoms with Crippen molar-refractivity contribution in [2.45, 2.75) is 20.0 Å². The minimum Gasteiger partial charge on any atom is -0.376 e. The van der Waals surface area contributed by atoms with E-state index in [0.29, 0.717) is 10.6 Å². The minimum atomic E-state index is -4.46. The second-order valence-electron chi connectivity index (χ2n) is 5.43. The lowest BCUT2D eigenvalue weighted by molar-refractivity contribution is -0.137. The van der Waals surface area contributed by atoms with Gasteiger partial charge >= 0.3 is 6.18 Å². The number of rotatable bonds is 3. The normalized spacial score (nSPS) is 11.4. The molecule has 23 heavy (non-hydrogen) atoms. The van der Waals surface area contributed by atoms with E-state index in [9.17, 15) is 18.0 Å². The Morgan fingerprint density at radius 3 is 2.30 bits per heavy atom. The Morgan fingerprint density at radius 2 is 1.83 bits per heavy atom. The molecule has 0 saturated carbocycles. The van der Waals surface area contributed by atoms with E-state index < -0.39 is 17.6 Å². The topological polar surface area (TPSA) is 32.3 Å². The van der Waals surface area contributed by atoms with Gasteiger partial charge in [-0.3, -0.25) is 4.79 Å². The number of carbonyl (C=O) groups is 1. The van der Waals surface area contributed by atoms with E-state index in [-0.39, 0.29) is 5.69 Å². The number of nitrogens with one attached hydrogen (secondary N) is 1. The summed E-state index contributed by atoms with van der Waals surface area (Å²) in [7, 11) is 3.41. The fourth-order valence-electron chi connectivity index (χ4n) is 2.07. The Hall–Kier alpha value is -2.02. The van der Waals surface area contributed by atoms with E-state index in [4.69, 9.17) is 0 Å². The highest BCUT2D eigenvalue weighted by molar-refractivity contribution is 7.14. The quantitative estimate of drug-likeness (QED) is 0.877. The van der Waals surface area contributed by atoms with Crippen LogP contribution >= 0.6 is 11.3 Å². The van der Waals surface area contributed by atoms with Crippen LogP contribution in [-0.2, 0) is 6.18 Å². The van der Waals surface area contributed by atoms with Gasteiger partial charge in [-0.25, -0.2) is 0 Å². The third-order valence-corrected chi connectivity index (χ3v) is 4.59. The zero-order valence-corrected chi connectivity index (χ0v) is 14.0. The molecule has 0 aliphatic heterocycles. The molecular weight excluding hydrogens is 325 g/mol. The number of anilines is 2. The van der Waals surface area contributed by atoms with Crippen molar-refractivity contribution < 1.29 is 18.0 Å². The fourth-order valence-corrected chi connectivity index (χ4v) is 3.00. The van der Waals surface area contributed by atoms with Crippen LogP contribution in [0, 0.1) is 13.8 Å². The molecule has 0 atom stereocenters. The van der Waals surface area contributed by atoms with Gasteiger partial charge < -0.3 is 10.2 Å². The van der Waals surface area contributed by atoms with Crippen molar-refractivity contribution in [2.75, 3.05) is 24.3 Å². The Kier molecular flexibility index (Phi) is 4.70. The predicted molar refractivity (Wildman–Crippen MR) is 87.5 cm³/mol. The van der Waals surface area contributed by atoms with Crippen LogP contribution in [0.15, 0.2) is 24.3 Å². The third kappa shape index (κ3) is 3.85. The van der Waals surface area contributed by atoms with Crippen molar-refractivity contribution in [3.8, 4) is 0 Å². The van der Waals surface area contributed by atoms with E-state index >= 15 is 0 Å². The number of amides is 1. The van der Waals surface area contributed by atoms with Crippen molar-refractivity contribution in [1.82, 2.24) is 0 Å². The van der Waals surface area contributed by atoms with Crippen LogP contribution in [0.25, 0.3) is 0 Å². The molecule has 0 bridgehead atoms. The molecule has 0 saturated heterocycles. The van der Waals surface area contributed by atoms with Crippen molar-refractivity contribution >= 4 is 28.6 Å². The molecular formula is C16H17F3N2OS. The zero-order chi connectivity index (χ0) is 17.4. The number of benzene rings is 1. The Balaban J connectivity index is 2.38. The number of thiophene rings is 1. The lowest BCUT2D eigenvalue weighted by Gasteiger charge is -2.19. The summed E-state index contributed by atoms with van der Waals surface area (Å²) in [5.41, 5.74) is 0.837. The van der Waals surface area contributed by atoms with Gasteiger partial charge in [0.15, 0.2) is 0 Å². The summed E-state index contributed by atoms with van der Waals surface area (Å²) in [6.45, 7) is 3.78. The second-order valence-corrected chi connectivity index (χ2v) is 6.68. The summed E-state index contributed by atoms with van der Waals surface area (Å²) in [6.07, 6.45) is -4.46. The molecule has 124 valence electrons. The largest absolute Gasteiger partial charge is 0.416 e. The number of halogens is 3. The van der Waals surface area contributed by atoms with E-state index in [2.05, 4.69) is 5.32 Å². The lowest BCUT2D eigenvalue weighted by atomic mass is 10.1. The van der Waals surface area contributed by atoms with Gasteiger partial charge in [-0.05, 0) is 43.7 Å². The van der Waals surface area contributed by atoms with Crippen LogP contribution in [0.1, 0.15) is 25.7 Å². The van der Waals surface area contributed by atoms with E-state index in [1.165, 1.54) is 17.4 Å². The van der Waals surface area contributed by atoms with Crippen molar-refractivity contribution in [1.29, 1.82) is 0 Å². The first kappa shape index (κ1) is 17.3. The maximum absolute atomic E-state index is 12.9. The van der Waals surface area contributed by atoms with Crippen LogP contribution in [0.2, 0.25) is 0 Å². The number of alkyl halides is 3. The zero-order valence-electron chi connectivity index (χ0n) is 13.2. The number of hydrogen-bond donors (Lipinski definition) is 1. The molecule has 0 fully saturated rings. The van der Waals surface area contributed by atoms with Gasteiger partial charge in [0.25, 0.3) is 5.91 Å². The highest BCUT2D eigenvalue weighted by atomic mass is 32.1. The highest BCUT2D eigenvalue weighted by Gasteiger charge is 2.31. The molecule has 1 aromatic heterocycles. The number of hydrogen-bond acceptors (Lipinski definition) is 3. The Morgan fingerprint density at radius 1 is 1.17 bits per heavy atom. The molecule has 0 unspecified atom stereocenters. The average molecular weight is 342 g/mol. The van der Waals surface area contributed by atoms with Gasteiger partial charge in [-0.1, -0.05) is 0 Å². The van der Waals surface area contributed by atoms with Gasteiger partial charge in [0.2, 0.25) is 0 Å². The van der Waals surface area contributed by atoms with Crippen LogP contribution < -0.4 is 10.2 Å². The Bertz CT molecular complexity index is 716. The summed E-state index contributed by atoms with van der Waals surface area (Å²) in [5, 5.41) is 2.59. The molecule has 2 rings (SSSR count). The molecule has 1 heterocycles. The molecule has 2 aromatic rings. The lowest BCUT2D eigenvalue weighted by Crippen LogP contribution is -2.17. The smallest absolute Gasteiger partial charge is 0.376 e. The molecule has 1 amide bonds. The average Bonchev–Trinajstić information content (AvgIpc) is 2.77. The SMILES string of the molecule is Cc1cc(C(=O)Nc2cc(C(F)(F)F)ccc2N(C)C)sc1C. The van der Waals surface area contributed by atoms with Gasteiger partial charge in [0, 0.05) is 19.0 Å².